The number of halogens is 1. The molecule has 0 aliphatic carbocycles. The maximum absolute atomic E-state index is 12.9. The lowest BCUT2D eigenvalue weighted by Crippen LogP contribution is -2.50. The van der Waals surface area contributed by atoms with Gasteiger partial charge in [-0.2, -0.15) is 0 Å². The van der Waals surface area contributed by atoms with E-state index < -0.39 is 0 Å². The average Bonchev–Trinajstić information content (AvgIpc) is 2.69. The van der Waals surface area contributed by atoms with Gasteiger partial charge in [-0.1, -0.05) is 29.8 Å². The monoisotopic (exact) mass is 381 g/mol. The summed E-state index contributed by atoms with van der Waals surface area (Å²) in [5, 5.41) is 2.75. The fraction of sp³-hybridized carbons (Fsp3) is 0.273. The van der Waals surface area contributed by atoms with E-state index in [9.17, 15) is 14.0 Å². The number of nitrogens with one attached hydrogen (secondary N) is 1. The van der Waals surface area contributed by atoms with Crippen molar-refractivity contribution >= 4 is 23.6 Å². The standard InChI is InChI=1S/C22H24FN3O2/c1-17-2-4-18(5-3-17)6-11-22(28)26-14-12-25(13-15-26)16-21(27)24-20-9-7-19(23)8-10-20/h2-11H,12-16H2,1H3,(H,24,27). The zero-order valence-corrected chi connectivity index (χ0v) is 15.9. The number of hydrogen-bond donors (Lipinski definition) is 1. The summed E-state index contributed by atoms with van der Waals surface area (Å²) in [6.45, 7) is 4.72. The van der Waals surface area contributed by atoms with Crippen LogP contribution in [0.1, 0.15) is 11.1 Å². The van der Waals surface area contributed by atoms with Crippen LogP contribution in [0.3, 0.4) is 0 Å². The lowest BCUT2D eigenvalue weighted by atomic mass is 10.1. The first-order chi connectivity index (χ1) is 13.5. The van der Waals surface area contributed by atoms with E-state index in [1.165, 1.54) is 29.8 Å². The molecular weight excluding hydrogens is 357 g/mol. The van der Waals surface area contributed by atoms with Crippen LogP contribution in [-0.2, 0) is 9.59 Å². The Morgan fingerprint density at radius 1 is 1.00 bits per heavy atom. The second-order valence-electron chi connectivity index (χ2n) is 6.90. The SMILES string of the molecule is Cc1ccc(C=CC(=O)N2CCN(CC(=O)Nc3ccc(F)cc3)CC2)cc1. The van der Waals surface area contributed by atoms with Crippen LogP contribution in [0.4, 0.5) is 10.1 Å². The Morgan fingerprint density at radius 2 is 1.64 bits per heavy atom. The van der Waals surface area contributed by atoms with Gasteiger partial charge in [0.1, 0.15) is 5.82 Å². The lowest BCUT2D eigenvalue weighted by molar-refractivity contribution is -0.127. The van der Waals surface area contributed by atoms with Gasteiger partial charge < -0.3 is 10.2 Å². The first-order valence-corrected chi connectivity index (χ1v) is 9.31. The van der Waals surface area contributed by atoms with Crippen LogP contribution >= 0.6 is 0 Å². The first kappa shape index (κ1) is 19.8. The third-order valence-electron chi connectivity index (χ3n) is 4.67. The molecule has 6 heteroatoms. The molecule has 28 heavy (non-hydrogen) atoms. The van der Waals surface area contributed by atoms with Gasteiger partial charge in [-0.3, -0.25) is 14.5 Å². The van der Waals surface area contributed by atoms with Crippen LogP contribution in [0, 0.1) is 12.7 Å². The van der Waals surface area contributed by atoms with Crippen LogP contribution in [-0.4, -0.2) is 54.3 Å². The maximum atomic E-state index is 12.9. The minimum Gasteiger partial charge on any atom is -0.337 e. The van der Waals surface area contributed by atoms with Gasteiger partial charge in [0.05, 0.1) is 6.54 Å². The molecule has 2 aromatic carbocycles. The molecule has 1 aliphatic heterocycles. The number of amides is 2. The van der Waals surface area contributed by atoms with E-state index in [4.69, 9.17) is 0 Å². The van der Waals surface area contributed by atoms with Crippen molar-refractivity contribution < 1.29 is 14.0 Å². The van der Waals surface area contributed by atoms with Crippen LogP contribution < -0.4 is 5.32 Å². The minimum atomic E-state index is -0.338. The fourth-order valence-corrected chi connectivity index (χ4v) is 3.01. The predicted octanol–water partition coefficient (Wildman–Crippen LogP) is 2.93. The molecule has 5 nitrogen and oxygen atoms in total. The number of hydrogen-bond acceptors (Lipinski definition) is 3. The Hall–Kier alpha value is -2.99. The molecule has 0 radical (unpaired) electrons. The van der Waals surface area contributed by atoms with Crippen molar-refractivity contribution in [1.82, 2.24) is 9.80 Å². The molecule has 1 saturated heterocycles. The second-order valence-corrected chi connectivity index (χ2v) is 6.90. The number of aryl methyl sites for hydroxylation is 1. The molecule has 0 bridgehead atoms. The van der Waals surface area contributed by atoms with E-state index in [0.29, 0.717) is 31.9 Å². The summed E-state index contributed by atoms with van der Waals surface area (Å²) in [7, 11) is 0. The lowest BCUT2D eigenvalue weighted by Gasteiger charge is -2.33. The summed E-state index contributed by atoms with van der Waals surface area (Å²) in [5.41, 5.74) is 2.75. The average molecular weight is 381 g/mol. The Balaban J connectivity index is 1.43. The highest BCUT2D eigenvalue weighted by molar-refractivity contribution is 5.93. The van der Waals surface area contributed by atoms with Crippen molar-refractivity contribution in [3.05, 3.63) is 71.6 Å². The van der Waals surface area contributed by atoms with Crippen molar-refractivity contribution in [2.24, 2.45) is 0 Å². The van der Waals surface area contributed by atoms with Gasteiger partial charge in [0.2, 0.25) is 11.8 Å². The zero-order chi connectivity index (χ0) is 19.9. The Kier molecular flexibility index (Phi) is 6.55. The van der Waals surface area contributed by atoms with E-state index in [1.54, 1.807) is 11.0 Å². The van der Waals surface area contributed by atoms with E-state index in [0.717, 1.165) is 5.56 Å². The largest absolute Gasteiger partial charge is 0.337 e. The summed E-state index contributed by atoms with van der Waals surface area (Å²) in [4.78, 5) is 28.3. The molecule has 0 spiro atoms. The molecule has 0 aromatic heterocycles. The van der Waals surface area contributed by atoms with Gasteiger partial charge in [0.25, 0.3) is 0 Å². The van der Waals surface area contributed by atoms with E-state index in [1.807, 2.05) is 42.2 Å². The molecule has 0 saturated carbocycles. The zero-order valence-electron chi connectivity index (χ0n) is 15.9. The van der Waals surface area contributed by atoms with Gasteiger partial charge in [-0.15, -0.1) is 0 Å². The quantitative estimate of drug-likeness (QED) is 0.811. The molecule has 0 unspecified atom stereocenters. The molecule has 146 valence electrons. The Labute approximate surface area is 164 Å². The highest BCUT2D eigenvalue weighted by atomic mass is 19.1. The topological polar surface area (TPSA) is 52.7 Å². The Bertz CT molecular complexity index is 839. The van der Waals surface area contributed by atoms with Gasteiger partial charge in [0.15, 0.2) is 0 Å². The summed E-state index contributed by atoms with van der Waals surface area (Å²) < 4.78 is 12.9. The maximum Gasteiger partial charge on any atom is 0.246 e. The third kappa shape index (κ3) is 5.76. The number of carbonyl (C=O) groups excluding carboxylic acids is 2. The van der Waals surface area contributed by atoms with Crippen LogP contribution in [0.15, 0.2) is 54.6 Å². The molecule has 1 N–H and O–H groups in total. The number of nitrogens with zero attached hydrogens (tertiary/aromatic N) is 2. The normalized spacial score (nSPS) is 15.0. The van der Waals surface area contributed by atoms with Gasteiger partial charge in [0, 0.05) is 37.9 Å². The molecule has 1 fully saturated rings. The second kappa shape index (κ2) is 9.28. The van der Waals surface area contributed by atoms with Crippen molar-refractivity contribution in [1.29, 1.82) is 0 Å². The first-order valence-electron chi connectivity index (χ1n) is 9.31. The summed E-state index contributed by atoms with van der Waals surface area (Å²) >= 11 is 0. The summed E-state index contributed by atoms with van der Waals surface area (Å²) in [5.74, 6) is -0.503. The van der Waals surface area contributed by atoms with E-state index in [2.05, 4.69) is 5.32 Å². The number of anilines is 1. The molecule has 0 atom stereocenters. The highest BCUT2D eigenvalue weighted by Crippen LogP contribution is 2.10. The number of benzene rings is 2. The minimum absolute atomic E-state index is 0.0176. The van der Waals surface area contributed by atoms with Gasteiger partial charge >= 0.3 is 0 Å². The number of rotatable bonds is 5. The molecule has 2 aromatic rings. The van der Waals surface area contributed by atoms with Crippen molar-refractivity contribution in [2.75, 3.05) is 38.0 Å². The number of piperazine rings is 1. The summed E-state index contributed by atoms with van der Waals surface area (Å²) in [6, 6.07) is 13.7. The molecular formula is C22H24FN3O2. The molecule has 1 aliphatic rings. The fourth-order valence-electron chi connectivity index (χ4n) is 3.01. The highest BCUT2D eigenvalue weighted by Gasteiger charge is 2.21. The molecule has 2 amide bonds. The number of carbonyl (C=O) groups is 2. The van der Waals surface area contributed by atoms with Gasteiger partial charge in [-0.25, -0.2) is 4.39 Å². The van der Waals surface area contributed by atoms with Crippen LogP contribution in [0.5, 0.6) is 0 Å². The van der Waals surface area contributed by atoms with E-state index in [-0.39, 0.29) is 24.2 Å². The molecule has 3 rings (SSSR count). The third-order valence-corrected chi connectivity index (χ3v) is 4.67. The van der Waals surface area contributed by atoms with Crippen molar-refractivity contribution in [3.63, 3.8) is 0 Å². The Morgan fingerprint density at radius 3 is 2.29 bits per heavy atom. The summed E-state index contributed by atoms with van der Waals surface area (Å²) in [6.07, 6.45) is 3.42. The van der Waals surface area contributed by atoms with Crippen LogP contribution in [0.2, 0.25) is 0 Å². The smallest absolute Gasteiger partial charge is 0.246 e. The molecule has 1 heterocycles. The predicted molar refractivity (Wildman–Crippen MR) is 108 cm³/mol. The van der Waals surface area contributed by atoms with E-state index >= 15 is 0 Å². The van der Waals surface area contributed by atoms with Crippen LogP contribution in [0.25, 0.3) is 6.08 Å². The van der Waals surface area contributed by atoms with Gasteiger partial charge in [-0.05, 0) is 42.8 Å². The van der Waals surface area contributed by atoms with Crippen molar-refractivity contribution in [2.45, 2.75) is 6.92 Å². The van der Waals surface area contributed by atoms with Crippen molar-refractivity contribution in [3.8, 4) is 0 Å².